The number of nitrogens with zero attached hydrogens (tertiary/aromatic N) is 1. The largest absolute Gasteiger partial charge is 0.384 e. The van der Waals surface area contributed by atoms with Crippen molar-refractivity contribution in [1.29, 1.82) is 0 Å². The van der Waals surface area contributed by atoms with Crippen molar-refractivity contribution in [3.8, 4) is 0 Å². The van der Waals surface area contributed by atoms with Gasteiger partial charge in [0.15, 0.2) is 0 Å². The summed E-state index contributed by atoms with van der Waals surface area (Å²) in [5, 5.41) is 3.40. The van der Waals surface area contributed by atoms with Crippen molar-refractivity contribution in [1.82, 2.24) is 0 Å². The molecule has 1 aromatic rings. The molecule has 0 aliphatic carbocycles. The highest BCUT2D eigenvalue weighted by atomic mass is 15.2. The third kappa shape index (κ3) is 1.48. The van der Waals surface area contributed by atoms with Crippen LogP contribution in [-0.2, 0) is 6.42 Å². The molecule has 1 aromatic carbocycles. The molecule has 1 N–H and O–H groups in total. The molecule has 15 heavy (non-hydrogen) atoms. The van der Waals surface area contributed by atoms with E-state index in [2.05, 4.69) is 42.3 Å². The van der Waals surface area contributed by atoms with Gasteiger partial charge < -0.3 is 10.2 Å². The first-order valence-corrected chi connectivity index (χ1v) is 5.76. The number of fused-ring (bicyclic) bond motifs is 1. The maximum Gasteiger partial charge on any atom is 0.0375 e. The molecule has 2 aliphatic rings. The number of nitrogens with one attached hydrogen (secondary N) is 1. The van der Waals surface area contributed by atoms with Crippen molar-refractivity contribution in [3.63, 3.8) is 0 Å². The minimum absolute atomic E-state index is 0.511. The van der Waals surface area contributed by atoms with Gasteiger partial charge in [-0.15, -0.1) is 0 Å². The van der Waals surface area contributed by atoms with Gasteiger partial charge in [0.2, 0.25) is 0 Å². The zero-order chi connectivity index (χ0) is 10.5. The Morgan fingerprint density at radius 1 is 1.27 bits per heavy atom. The first-order chi connectivity index (χ1) is 7.14. The van der Waals surface area contributed by atoms with Gasteiger partial charge >= 0.3 is 0 Å². The summed E-state index contributed by atoms with van der Waals surface area (Å²) in [4.78, 5) is 2.47. The third-order valence-corrected chi connectivity index (χ3v) is 3.40. The molecule has 0 aromatic heterocycles. The minimum atomic E-state index is 0.511. The Kier molecular flexibility index (Phi) is 1.76. The van der Waals surface area contributed by atoms with Crippen molar-refractivity contribution in [3.05, 3.63) is 23.8 Å². The molecule has 80 valence electrons. The van der Waals surface area contributed by atoms with E-state index in [0.717, 1.165) is 6.54 Å². The molecule has 2 heterocycles. The fourth-order valence-electron chi connectivity index (χ4n) is 2.66. The monoisotopic (exact) mass is 202 g/mol. The summed E-state index contributed by atoms with van der Waals surface area (Å²) in [7, 11) is 0. The zero-order valence-electron chi connectivity index (χ0n) is 9.51. The molecule has 0 saturated carbocycles. The summed E-state index contributed by atoms with van der Waals surface area (Å²) >= 11 is 0. The highest BCUT2D eigenvalue weighted by Gasteiger charge is 2.34. The van der Waals surface area contributed by atoms with Crippen LogP contribution in [0.3, 0.4) is 0 Å². The Bertz CT molecular complexity index is 388. The standard InChI is InChI=1S/C13H18N2/c1-13(2)8-15(9-13)11-3-4-12-10(7-11)5-6-14-12/h3-4,7,14H,5-6,8-9H2,1-2H3. The van der Waals surface area contributed by atoms with Gasteiger partial charge in [-0.25, -0.2) is 0 Å². The lowest BCUT2D eigenvalue weighted by atomic mass is 9.84. The molecular formula is C13H18N2. The van der Waals surface area contributed by atoms with Gasteiger partial charge in [-0.2, -0.15) is 0 Å². The normalized spacial score (nSPS) is 21.9. The second-order valence-electron chi connectivity index (χ2n) is 5.54. The van der Waals surface area contributed by atoms with Gasteiger partial charge in [-0.05, 0) is 35.6 Å². The van der Waals surface area contributed by atoms with Gasteiger partial charge in [-0.3, -0.25) is 0 Å². The summed E-state index contributed by atoms with van der Waals surface area (Å²) in [6.07, 6.45) is 1.18. The summed E-state index contributed by atoms with van der Waals surface area (Å²) in [5.41, 5.74) is 4.73. The molecule has 0 spiro atoms. The molecule has 0 unspecified atom stereocenters. The first-order valence-electron chi connectivity index (χ1n) is 5.76. The number of anilines is 2. The van der Waals surface area contributed by atoms with Gasteiger partial charge in [0, 0.05) is 31.0 Å². The maximum atomic E-state index is 3.40. The Morgan fingerprint density at radius 3 is 2.80 bits per heavy atom. The molecule has 0 atom stereocenters. The molecule has 1 fully saturated rings. The van der Waals surface area contributed by atoms with Gasteiger partial charge in [-0.1, -0.05) is 13.8 Å². The highest BCUT2D eigenvalue weighted by Crippen LogP contribution is 2.35. The summed E-state index contributed by atoms with van der Waals surface area (Å²) in [6, 6.07) is 6.82. The number of hydrogen-bond acceptors (Lipinski definition) is 2. The topological polar surface area (TPSA) is 15.3 Å². The third-order valence-electron chi connectivity index (χ3n) is 3.40. The second kappa shape index (κ2) is 2.91. The van der Waals surface area contributed by atoms with Crippen LogP contribution in [0.4, 0.5) is 11.4 Å². The molecule has 1 saturated heterocycles. The van der Waals surface area contributed by atoms with Crippen molar-refractivity contribution in [2.45, 2.75) is 20.3 Å². The predicted octanol–water partition coefficient (Wildman–Crippen LogP) is 2.50. The zero-order valence-corrected chi connectivity index (χ0v) is 9.51. The fourth-order valence-corrected chi connectivity index (χ4v) is 2.66. The van der Waals surface area contributed by atoms with E-state index in [9.17, 15) is 0 Å². The van der Waals surface area contributed by atoms with Crippen LogP contribution in [0.5, 0.6) is 0 Å². The van der Waals surface area contributed by atoms with E-state index in [-0.39, 0.29) is 0 Å². The van der Waals surface area contributed by atoms with Crippen LogP contribution >= 0.6 is 0 Å². The lowest BCUT2D eigenvalue weighted by Gasteiger charge is -2.47. The van der Waals surface area contributed by atoms with Crippen LogP contribution in [0.15, 0.2) is 18.2 Å². The van der Waals surface area contributed by atoms with Crippen molar-refractivity contribution >= 4 is 11.4 Å². The molecule has 0 amide bonds. The molecular weight excluding hydrogens is 184 g/mol. The predicted molar refractivity (Wildman–Crippen MR) is 64.6 cm³/mol. The lowest BCUT2D eigenvalue weighted by Crippen LogP contribution is -2.53. The fraction of sp³-hybridized carbons (Fsp3) is 0.538. The number of hydrogen-bond donors (Lipinski definition) is 1. The molecule has 3 rings (SSSR count). The number of benzene rings is 1. The lowest BCUT2D eigenvalue weighted by molar-refractivity contribution is 0.276. The first kappa shape index (κ1) is 9.08. The average molecular weight is 202 g/mol. The van der Waals surface area contributed by atoms with Crippen LogP contribution in [0, 0.1) is 5.41 Å². The smallest absolute Gasteiger partial charge is 0.0375 e. The van der Waals surface area contributed by atoms with Crippen molar-refractivity contribution < 1.29 is 0 Å². The maximum absolute atomic E-state index is 3.40. The minimum Gasteiger partial charge on any atom is -0.384 e. The van der Waals surface area contributed by atoms with E-state index < -0.39 is 0 Å². The van der Waals surface area contributed by atoms with Crippen LogP contribution < -0.4 is 10.2 Å². The summed E-state index contributed by atoms with van der Waals surface area (Å²) in [6.45, 7) is 8.15. The summed E-state index contributed by atoms with van der Waals surface area (Å²) < 4.78 is 0. The summed E-state index contributed by atoms with van der Waals surface area (Å²) in [5.74, 6) is 0. The Balaban J connectivity index is 1.83. The van der Waals surface area contributed by atoms with Crippen LogP contribution in [0.2, 0.25) is 0 Å². The van der Waals surface area contributed by atoms with E-state index in [4.69, 9.17) is 0 Å². The molecule has 2 nitrogen and oxygen atoms in total. The second-order valence-corrected chi connectivity index (χ2v) is 5.54. The Morgan fingerprint density at radius 2 is 2.07 bits per heavy atom. The van der Waals surface area contributed by atoms with Crippen LogP contribution in [-0.4, -0.2) is 19.6 Å². The molecule has 0 bridgehead atoms. The van der Waals surface area contributed by atoms with E-state index >= 15 is 0 Å². The van der Waals surface area contributed by atoms with Gasteiger partial charge in [0.05, 0.1) is 0 Å². The van der Waals surface area contributed by atoms with E-state index in [1.54, 1.807) is 0 Å². The number of rotatable bonds is 1. The molecule has 2 aliphatic heterocycles. The highest BCUT2D eigenvalue weighted by molar-refractivity contribution is 5.64. The van der Waals surface area contributed by atoms with Crippen LogP contribution in [0.25, 0.3) is 0 Å². The average Bonchev–Trinajstić information content (AvgIpc) is 2.60. The van der Waals surface area contributed by atoms with E-state index in [0.29, 0.717) is 5.41 Å². The van der Waals surface area contributed by atoms with E-state index in [1.807, 2.05) is 0 Å². The van der Waals surface area contributed by atoms with E-state index in [1.165, 1.54) is 36.4 Å². The Hall–Kier alpha value is -1.18. The molecule has 0 radical (unpaired) electrons. The van der Waals surface area contributed by atoms with Crippen LogP contribution in [0.1, 0.15) is 19.4 Å². The van der Waals surface area contributed by atoms with Gasteiger partial charge in [0.1, 0.15) is 0 Å². The van der Waals surface area contributed by atoms with Crippen molar-refractivity contribution in [2.75, 3.05) is 29.9 Å². The molecule has 2 heteroatoms. The Labute approximate surface area is 91.3 Å². The quantitative estimate of drug-likeness (QED) is 0.752. The van der Waals surface area contributed by atoms with Crippen molar-refractivity contribution in [2.24, 2.45) is 5.41 Å². The SMILES string of the molecule is CC1(C)CN(c2ccc3c(c2)CCN3)C1. The van der Waals surface area contributed by atoms with Gasteiger partial charge in [0.25, 0.3) is 0 Å².